The highest BCUT2D eigenvalue weighted by molar-refractivity contribution is 7.53. The molecule has 0 radical (unpaired) electrons. The number of aromatic hydroxyl groups is 2. The molecule has 1 aromatic carbocycles. The summed E-state index contributed by atoms with van der Waals surface area (Å²) in [4.78, 5) is 0. The zero-order chi connectivity index (χ0) is 16.1. The Morgan fingerprint density at radius 2 is 1.71 bits per heavy atom. The minimum Gasteiger partial charge on any atom is -0.508 e. The Balaban J connectivity index is 2.86. The number of hydrogen-bond acceptors (Lipinski definition) is 5. The third-order valence-corrected chi connectivity index (χ3v) is 5.45. The van der Waals surface area contributed by atoms with Gasteiger partial charge in [0, 0.05) is 6.07 Å². The van der Waals surface area contributed by atoms with Crippen LogP contribution in [0.5, 0.6) is 11.5 Å². The highest BCUT2D eigenvalue weighted by Crippen LogP contribution is 2.51. The van der Waals surface area contributed by atoms with Crippen LogP contribution in [0.15, 0.2) is 18.2 Å². The lowest BCUT2D eigenvalue weighted by Crippen LogP contribution is -2.20. The van der Waals surface area contributed by atoms with E-state index < -0.39 is 13.0 Å². The first kappa shape index (κ1) is 18.0. The van der Waals surface area contributed by atoms with E-state index in [-0.39, 0.29) is 17.7 Å². The van der Waals surface area contributed by atoms with Gasteiger partial charge in [0.1, 0.15) is 11.5 Å². The summed E-state index contributed by atoms with van der Waals surface area (Å²) in [5.74, 6) is 0.0454. The zero-order valence-electron chi connectivity index (χ0n) is 13.1. The Morgan fingerprint density at radius 1 is 1.14 bits per heavy atom. The van der Waals surface area contributed by atoms with Crippen LogP contribution in [-0.2, 0) is 19.0 Å². The SMILES string of the molecule is CCOP(=O)(CCC(C)(C)c1ccc(O)cc1O)OCC. The van der Waals surface area contributed by atoms with Gasteiger partial charge in [-0.3, -0.25) is 4.57 Å². The summed E-state index contributed by atoms with van der Waals surface area (Å²) in [6.07, 6.45) is 0.810. The second kappa shape index (κ2) is 7.30. The molecule has 6 heteroatoms. The molecule has 0 aliphatic carbocycles. The highest BCUT2D eigenvalue weighted by atomic mass is 31.2. The minimum atomic E-state index is -3.09. The average Bonchev–Trinajstić information content (AvgIpc) is 2.37. The lowest BCUT2D eigenvalue weighted by atomic mass is 9.81. The summed E-state index contributed by atoms with van der Waals surface area (Å²) < 4.78 is 23.0. The molecule has 0 bridgehead atoms. The molecular formula is C15H25O5P. The van der Waals surface area contributed by atoms with Crippen molar-refractivity contribution in [3.63, 3.8) is 0 Å². The average molecular weight is 316 g/mol. The van der Waals surface area contributed by atoms with E-state index in [1.807, 2.05) is 13.8 Å². The van der Waals surface area contributed by atoms with Gasteiger partial charge in [0.2, 0.25) is 0 Å². The van der Waals surface area contributed by atoms with Gasteiger partial charge in [0.15, 0.2) is 0 Å². The van der Waals surface area contributed by atoms with Crippen molar-refractivity contribution in [2.75, 3.05) is 19.4 Å². The maximum atomic E-state index is 12.5. The number of phenols is 2. The number of hydrogen-bond donors (Lipinski definition) is 2. The lowest BCUT2D eigenvalue weighted by Gasteiger charge is -2.28. The lowest BCUT2D eigenvalue weighted by molar-refractivity contribution is 0.217. The maximum absolute atomic E-state index is 12.5. The molecule has 0 aromatic heterocycles. The first-order valence-corrected chi connectivity index (χ1v) is 8.87. The van der Waals surface area contributed by atoms with Crippen LogP contribution in [0.25, 0.3) is 0 Å². The first-order valence-electron chi connectivity index (χ1n) is 7.14. The van der Waals surface area contributed by atoms with Crippen molar-refractivity contribution < 1.29 is 23.8 Å². The van der Waals surface area contributed by atoms with Gasteiger partial charge in [-0.2, -0.15) is 0 Å². The van der Waals surface area contributed by atoms with Crippen molar-refractivity contribution in [3.05, 3.63) is 23.8 Å². The molecular weight excluding hydrogens is 291 g/mol. The summed E-state index contributed by atoms with van der Waals surface area (Å²) in [6, 6.07) is 4.51. The normalized spacial score (nSPS) is 12.6. The van der Waals surface area contributed by atoms with E-state index in [1.165, 1.54) is 12.1 Å². The largest absolute Gasteiger partial charge is 0.508 e. The Labute approximate surface area is 126 Å². The van der Waals surface area contributed by atoms with Crippen LogP contribution >= 0.6 is 7.60 Å². The Bertz CT molecular complexity index is 503. The number of rotatable bonds is 8. The van der Waals surface area contributed by atoms with Crippen molar-refractivity contribution in [2.24, 2.45) is 0 Å². The predicted molar refractivity (Wildman–Crippen MR) is 83.1 cm³/mol. The Morgan fingerprint density at radius 3 is 2.19 bits per heavy atom. The summed E-state index contributed by atoms with van der Waals surface area (Å²) in [5.41, 5.74) is 0.279. The van der Waals surface area contributed by atoms with E-state index in [9.17, 15) is 14.8 Å². The fourth-order valence-corrected chi connectivity index (χ4v) is 4.16. The topological polar surface area (TPSA) is 76.0 Å². The molecule has 0 atom stereocenters. The van der Waals surface area contributed by atoms with Gasteiger partial charge in [0.25, 0.3) is 0 Å². The smallest absolute Gasteiger partial charge is 0.330 e. The molecule has 2 N–H and O–H groups in total. The second-order valence-corrected chi connectivity index (χ2v) is 7.69. The quantitative estimate of drug-likeness (QED) is 0.708. The molecule has 1 aromatic rings. The van der Waals surface area contributed by atoms with E-state index >= 15 is 0 Å². The fraction of sp³-hybridized carbons (Fsp3) is 0.600. The summed E-state index contributed by atoms with van der Waals surface area (Å²) in [5, 5.41) is 19.3. The van der Waals surface area contributed by atoms with Crippen LogP contribution in [-0.4, -0.2) is 29.6 Å². The molecule has 0 heterocycles. The highest BCUT2D eigenvalue weighted by Gasteiger charge is 2.30. The molecule has 5 nitrogen and oxygen atoms in total. The molecule has 120 valence electrons. The van der Waals surface area contributed by atoms with E-state index in [0.29, 0.717) is 25.2 Å². The van der Waals surface area contributed by atoms with Crippen LogP contribution < -0.4 is 0 Å². The maximum Gasteiger partial charge on any atom is 0.330 e. The summed E-state index contributed by atoms with van der Waals surface area (Å²) in [6.45, 7) is 8.12. The minimum absolute atomic E-state index is 0.0151. The molecule has 0 amide bonds. The monoisotopic (exact) mass is 316 g/mol. The summed E-state index contributed by atoms with van der Waals surface area (Å²) in [7, 11) is -3.09. The standard InChI is InChI=1S/C15H25O5P/c1-5-19-21(18,20-6-2)10-9-15(3,4)13-8-7-12(16)11-14(13)17/h7-8,11,16-17H,5-6,9-10H2,1-4H3. The van der Waals surface area contributed by atoms with Crippen molar-refractivity contribution in [2.45, 2.75) is 39.5 Å². The van der Waals surface area contributed by atoms with Gasteiger partial charge in [0.05, 0.1) is 19.4 Å². The van der Waals surface area contributed by atoms with Gasteiger partial charge in [-0.25, -0.2) is 0 Å². The Kier molecular flexibility index (Phi) is 6.26. The van der Waals surface area contributed by atoms with Crippen LogP contribution in [0.4, 0.5) is 0 Å². The molecule has 0 saturated heterocycles. The van der Waals surface area contributed by atoms with E-state index in [2.05, 4.69) is 0 Å². The van der Waals surface area contributed by atoms with Gasteiger partial charge in [-0.15, -0.1) is 0 Å². The molecule has 1 rings (SSSR count). The van der Waals surface area contributed by atoms with Crippen molar-refractivity contribution in [1.29, 1.82) is 0 Å². The molecule has 0 aliphatic heterocycles. The number of phenolic OH excluding ortho intramolecular Hbond substituents is 2. The van der Waals surface area contributed by atoms with E-state index in [1.54, 1.807) is 19.9 Å². The molecule has 0 fully saturated rings. The van der Waals surface area contributed by atoms with Crippen LogP contribution in [0, 0.1) is 0 Å². The molecule has 0 unspecified atom stereocenters. The van der Waals surface area contributed by atoms with Crippen molar-refractivity contribution in [3.8, 4) is 11.5 Å². The van der Waals surface area contributed by atoms with Crippen LogP contribution in [0.3, 0.4) is 0 Å². The molecule has 0 spiro atoms. The van der Waals surface area contributed by atoms with Crippen LogP contribution in [0.1, 0.15) is 39.7 Å². The Hall–Kier alpha value is -1.03. The van der Waals surface area contributed by atoms with Gasteiger partial charge in [-0.1, -0.05) is 19.9 Å². The molecule has 0 aliphatic rings. The van der Waals surface area contributed by atoms with E-state index in [0.717, 1.165) is 0 Å². The van der Waals surface area contributed by atoms with Gasteiger partial charge in [-0.05, 0) is 37.3 Å². The van der Waals surface area contributed by atoms with Gasteiger partial charge < -0.3 is 19.3 Å². The zero-order valence-corrected chi connectivity index (χ0v) is 14.0. The number of benzene rings is 1. The predicted octanol–water partition coefficient (Wildman–Crippen LogP) is 4.03. The fourth-order valence-electron chi connectivity index (χ4n) is 2.20. The third-order valence-electron chi connectivity index (χ3n) is 3.37. The van der Waals surface area contributed by atoms with Crippen LogP contribution in [0.2, 0.25) is 0 Å². The van der Waals surface area contributed by atoms with Gasteiger partial charge >= 0.3 is 7.60 Å². The summed E-state index contributed by atoms with van der Waals surface area (Å²) >= 11 is 0. The van der Waals surface area contributed by atoms with Crippen molar-refractivity contribution >= 4 is 7.60 Å². The third kappa shape index (κ3) is 5.03. The van der Waals surface area contributed by atoms with Crippen molar-refractivity contribution in [1.82, 2.24) is 0 Å². The molecule has 21 heavy (non-hydrogen) atoms. The molecule has 0 saturated carbocycles. The van der Waals surface area contributed by atoms with E-state index in [4.69, 9.17) is 9.05 Å². The second-order valence-electron chi connectivity index (χ2n) is 5.51. The first-order chi connectivity index (χ1) is 9.74.